The molecule has 1 aliphatic heterocycles. The summed E-state index contributed by atoms with van der Waals surface area (Å²) in [5, 5.41) is 0. The van der Waals surface area contributed by atoms with Crippen molar-refractivity contribution in [1.29, 1.82) is 0 Å². The normalized spacial score (nSPS) is 33.1. The van der Waals surface area contributed by atoms with Crippen LogP contribution in [0, 0.1) is 46.3 Å². The van der Waals surface area contributed by atoms with E-state index < -0.39 is 30.7 Å². The summed E-state index contributed by atoms with van der Waals surface area (Å²) < 4.78 is 42.1. The van der Waals surface area contributed by atoms with Gasteiger partial charge in [-0.2, -0.15) is 0 Å². The third-order valence-electron chi connectivity index (χ3n) is 17.4. The predicted molar refractivity (Wildman–Crippen MR) is 268 cm³/mol. The van der Waals surface area contributed by atoms with Crippen molar-refractivity contribution in [3.63, 3.8) is 0 Å². The third kappa shape index (κ3) is 11.4. The number of hydrogen-bond acceptors (Lipinski definition) is 6. The fourth-order valence-electron chi connectivity index (χ4n) is 13.8. The van der Waals surface area contributed by atoms with Gasteiger partial charge in [-0.3, -0.25) is 0 Å². The molecule has 4 fully saturated rings. The summed E-state index contributed by atoms with van der Waals surface area (Å²) in [6.07, 6.45) is 14.0. The Hall–Kier alpha value is -3.62. The quantitative estimate of drug-likeness (QED) is 0.0824. The van der Waals surface area contributed by atoms with Gasteiger partial charge < -0.3 is 28.4 Å². The zero-order valence-electron chi connectivity index (χ0n) is 41.3. The zero-order chi connectivity index (χ0) is 46.2. The van der Waals surface area contributed by atoms with Crippen molar-refractivity contribution in [2.24, 2.45) is 46.3 Å². The molecule has 5 aliphatic rings. The van der Waals surface area contributed by atoms with Crippen molar-refractivity contribution in [2.75, 3.05) is 6.61 Å². The van der Waals surface area contributed by atoms with Crippen LogP contribution >= 0.6 is 0 Å². The maximum atomic E-state index is 7.35. The lowest BCUT2D eigenvalue weighted by molar-refractivity contribution is -0.337. The molecule has 0 aromatic heterocycles. The molecule has 4 aliphatic carbocycles. The number of allylic oxidation sites excluding steroid dienone is 1. The van der Waals surface area contributed by atoms with Crippen LogP contribution in [0.5, 0.6) is 0 Å². The number of fused-ring (bicyclic) bond motifs is 5. The molecule has 360 valence electrons. The second-order valence-corrected chi connectivity index (χ2v) is 22.1. The van der Waals surface area contributed by atoms with Crippen LogP contribution in [0.3, 0.4) is 0 Å². The first-order chi connectivity index (χ1) is 32.7. The molecule has 0 radical (unpaired) electrons. The van der Waals surface area contributed by atoms with Gasteiger partial charge in [0.2, 0.25) is 0 Å². The van der Waals surface area contributed by atoms with Gasteiger partial charge in [0.05, 0.1) is 39.1 Å². The second kappa shape index (κ2) is 22.4. The van der Waals surface area contributed by atoms with Crippen molar-refractivity contribution < 1.29 is 28.4 Å². The lowest BCUT2D eigenvalue weighted by atomic mass is 9.47. The van der Waals surface area contributed by atoms with E-state index in [4.69, 9.17) is 28.4 Å². The van der Waals surface area contributed by atoms with Gasteiger partial charge in [0, 0.05) is 0 Å². The SMILES string of the molecule is CC(C)CCC[C@@H](C)[C@H]1CC[C@H]2[C@@H]3CC=C4C[C@@H](O[C@@H]5O[C@H](COCc6ccccc6)[C@@H](OCc6ccccc6)[C@H](OCc6ccccc6)[C@@H]5OCc5ccccc5)CC[C@]4(C)[C@H]3CC[C@]12C. The summed E-state index contributed by atoms with van der Waals surface area (Å²) in [5.74, 6) is 4.89. The molecule has 6 heteroatoms. The highest BCUT2D eigenvalue weighted by Gasteiger charge is 2.59. The first-order valence-electron chi connectivity index (χ1n) is 26.3. The molecule has 1 saturated heterocycles. The van der Waals surface area contributed by atoms with Crippen LogP contribution in [0.4, 0.5) is 0 Å². The fourth-order valence-corrected chi connectivity index (χ4v) is 13.8. The van der Waals surface area contributed by atoms with Crippen LogP contribution in [0.2, 0.25) is 0 Å². The molecule has 0 N–H and O–H groups in total. The van der Waals surface area contributed by atoms with Gasteiger partial charge in [0.1, 0.15) is 24.4 Å². The Balaban J connectivity index is 0.963. The van der Waals surface area contributed by atoms with Gasteiger partial charge in [-0.25, -0.2) is 0 Å². The molecule has 4 aromatic rings. The maximum absolute atomic E-state index is 7.35. The van der Waals surface area contributed by atoms with E-state index in [-0.39, 0.29) is 11.5 Å². The molecule has 4 aromatic carbocycles. The molecular weight excluding hydrogens is 829 g/mol. The van der Waals surface area contributed by atoms with Crippen LogP contribution in [0.1, 0.15) is 128 Å². The summed E-state index contributed by atoms with van der Waals surface area (Å²) in [7, 11) is 0. The highest BCUT2D eigenvalue weighted by molar-refractivity contribution is 5.26. The molecule has 67 heavy (non-hydrogen) atoms. The van der Waals surface area contributed by atoms with Gasteiger partial charge in [-0.15, -0.1) is 0 Å². The molecule has 13 atom stereocenters. The second-order valence-electron chi connectivity index (χ2n) is 22.1. The summed E-state index contributed by atoms with van der Waals surface area (Å²) in [4.78, 5) is 0. The van der Waals surface area contributed by atoms with E-state index >= 15 is 0 Å². The molecule has 1 heterocycles. The number of hydrogen-bond donors (Lipinski definition) is 0. The molecule has 9 rings (SSSR count). The highest BCUT2D eigenvalue weighted by Crippen LogP contribution is 2.67. The Kier molecular flexibility index (Phi) is 16.2. The van der Waals surface area contributed by atoms with Crippen LogP contribution in [-0.2, 0) is 54.8 Å². The van der Waals surface area contributed by atoms with E-state index in [2.05, 4.69) is 138 Å². The monoisotopic (exact) mass is 909 g/mol. The van der Waals surface area contributed by atoms with Crippen LogP contribution < -0.4 is 0 Å². The molecule has 0 unspecified atom stereocenters. The van der Waals surface area contributed by atoms with Crippen LogP contribution in [-0.4, -0.2) is 43.4 Å². The third-order valence-corrected chi connectivity index (χ3v) is 17.4. The molecule has 0 spiro atoms. The first-order valence-corrected chi connectivity index (χ1v) is 26.3. The number of rotatable bonds is 20. The van der Waals surface area contributed by atoms with E-state index in [1.165, 1.54) is 51.4 Å². The minimum Gasteiger partial charge on any atom is -0.374 e. The standard InChI is InChI=1S/C61H80O6/c1-43(2)19-18-20-44(3)52-31-32-53-51-30-29-49-37-50(33-35-60(49,4)54(51)34-36-61(52,53)5)66-59-58(65-41-48-27-16-9-17-28-48)57(64-40-47-25-14-8-15-26-47)56(63-39-46-23-12-7-13-24-46)55(67-59)42-62-38-45-21-10-6-11-22-45/h6-17,21-29,43-44,50-59H,18-20,30-42H2,1-5H3/t44-,50+,51+,52-,53+,54+,55-,56-,57+,58+,59-,60+,61-/m1/s1. The summed E-state index contributed by atoms with van der Waals surface area (Å²) >= 11 is 0. The smallest absolute Gasteiger partial charge is 0.187 e. The topological polar surface area (TPSA) is 55.4 Å². The van der Waals surface area contributed by atoms with Crippen molar-refractivity contribution in [3.05, 3.63) is 155 Å². The highest BCUT2D eigenvalue weighted by atomic mass is 16.7. The fraction of sp³-hybridized carbons (Fsp3) is 0.574. The van der Waals surface area contributed by atoms with Gasteiger partial charge in [0.25, 0.3) is 0 Å². The Morgan fingerprint density at radius 1 is 0.597 bits per heavy atom. The number of ether oxygens (including phenoxy) is 6. The van der Waals surface area contributed by atoms with Crippen LogP contribution in [0.15, 0.2) is 133 Å². The van der Waals surface area contributed by atoms with Gasteiger partial charge in [-0.1, -0.05) is 187 Å². The van der Waals surface area contributed by atoms with E-state index in [0.29, 0.717) is 38.4 Å². The van der Waals surface area contributed by atoms with Gasteiger partial charge in [-0.05, 0) is 120 Å². The zero-order valence-corrected chi connectivity index (χ0v) is 41.3. The minimum absolute atomic E-state index is 0.00236. The molecule has 3 saturated carbocycles. The van der Waals surface area contributed by atoms with Crippen molar-refractivity contribution in [1.82, 2.24) is 0 Å². The van der Waals surface area contributed by atoms with E-state index in [0.717, 1.165) is 77.0 Å². The van der Waals surface area contributed by atoms with E-state index in [1.807, 2.05) is 24.3 Å². The average Bonchev–Trinajstić information content (AvgIpc) is 3.71. The van der Waals surface area contributed by atoms with E-state index in [1.54, 1.807) is 5.57 Å². The van der Waals surface area contributed by atoms with E-state index in [9.17, 15) is 0 Å². The van der Waals surface area contributed by atoms with Crippen molar-refractivity contribution >= 4 is 0 Å². The molecule has 6 nitrogen and oxygen atoms in total. The van der Waals surface area contributed by atoms with Crippen molar-refractivity contribution in [2.45, 2.75) is 168 Å². The number of benzene rings is 4. The molecular formula is C61H80O6. The first kappa shape index (κ1) is 48.4. The van der Waals surface area contributed by atoms with Gasteiger partial charge in [0.15, 0.2) is 6.29 Å². The Morgan fingerprint density at radius 2 is 1.16 bits per heavy atom. The summed E-state index contributed by atoms with van der Waals surface area (Å²) in [6, 6.07) is 41.5. The molecule has 0 bridgehead atoms. The van der Waals surface area contributed by atoms with Crippen molar-refractivity contribution in [3.8, 4) is 0 Å². The minimum atomic E-state index is -0.689. The van der Waals surface area contributed by atoms with Crippen LogP contribution in [0.25, 0.3) is 0 Å². The largest absolute Gasteiger partial charge is 0.374 e. The average molecular weight is 909 g/mol. The predicted octanol–water partition coefficient (Wildman–Crippen LogP) is 14.1. The summed E-state index contributed by atoms with van der Waals surface area (Å²) in [6.45, 7) is 14.7. The molecule has 0 amide bonds. The Labute approximate surface area is 403 Å². The lowest BCUT2D eigenvalue weighted by Gasteiger charge is -2.58. The maximum Gasteiger partial charge on any atom is 0.187 e. The van der Waals surface area contributed by atoms with Gasteiger partial charge >= 0.3 is 0 Å². The summed E-state index contributed by atoms with van der Waals surface area (Å²) in [5.41, 5.74) is 6.70. The lowest BCUT2D eigenvalue weighted by Crippen LogP contribution is -2.62. The Morgan fingerprint density at radius 3 is 1.76 bits per heavy atom. The Bertz CT molecular complexity index is 2130.